The Bertz CT molecular complexity index is 232. The van der Waals surface area contributed by atoms with Gasteiger partial charge >= 0.3 is 6.03 Å². The van der Waals surface area contributed by atoms with Crippen molar-refractivity contribution < 1.29 is 18.4 Å². The molecule has 0 aromatic rings. The lowest BCUT2D eigenvalue weighted by Crippen LogP contribution is -2.46. The average molecular weight is 193 g/mol. The Morgan fingerprint density at radius 3 is 2.23 bits per heavy atom. The number of urea groups is 1. The van der Waals surface area contributed by atoms with Crippen molar-refractivity contribution in [1.29, 1.82) is 0 Å². The smallest absolute Gasteiger partial charge is 0.315 e. The molecule has 1 aliphatic rings. The molecule has 13 heavy (non-hydrogen) atoms. The number of nitrogens with zero attached hydrogens (tertiary/aromatic N) is 1. The van der Waals surface area contributed by atoms with Crippen molar-refractivity contribution in [2.24, 2.45) is 11.5 Å². The first-order valence-corrected chi connectivity index (χ1v) is 3.57. The van der Waals surface area contributed by atoms with Crippen LogP contribution in [0.3, 0.4) is 0 Å². The van der Waals surface area contributed by atoms with E-state index in [2.05, 4.69) is 0 Å². The van der Waals surface area contributed by atoms with E-state index in [1.807, 2.05) is 0 Å². The minimum Gasteiger partial charge on any atom is -0.368 e. The van der Waals surface area contributed by atoms with Gasteiger partial charge in [-0.1, -0.05) is 0 Å². The number of rotatable bonds is 1. The van der Waals surface area contributed by atoms with E-state index in [-0.39, 0.29) is 0 Å². The number of hydrogen-bond donors (Lipinski definition) is 2. The molecule has 1 heterocycles. The molecule has 1 atom stereocenters. The highest BCUT2D eigenvalue weighted by atomic mass is 19.3. The fraction of sp³-hybridized carbons (Fsp3) is 0.667. The Morgan fingerprint density at radius 1 is 1.38 bits per heavy atom. The Balaban J connectivity index is 2.83. The molecule has 7 heteroatoms. The normalized spacial score (nSPS) is 26.0. The molecule has 1 unspecified atom stereocenters. The second kappa shape index (κ2) is 2.82. The summed E-state index contributed by atoms with van der Waals surface area (Å²) < 4.78 is 25.4. The Kier molecular flexibility index (Phi) is 2.10. The number of alkyl halides is 2. The summed E-state index contributed by atoms with van der Waals surface area (Å²) in [4.78, 5) is 21.8. The maximum Gasteiger partial charge on any atom is 0.315 e. The predicted molar refractivity (Wildman–Crippen MR) is 38.8 cm³/mol. The number of nitrogens with two attached hydrogens (primary N) is 2. The highest BCUT2D eigenvalue weighted by molar-refractivity contribution is 5.86. The molecule has 1 aliphatic heterocycles. The van der Waals surface area contributed by atoms with Gasteiger partial charge < -0.3 is 16.4 Å². The molecule has 0 aromatic carbocycles. The molecule has 0 aromatic heterocycles. The topological polar surface area (TPSA) is 89.4 Å². The van der Waals surface area contributed by atoms with Crippen LogP contribution in [0.15, 0.2) is 0 Å². The number of amides is 3. The zero-order valence-corrected chi connectivity index (χ0v) is 6.67. The fourth-order valence-corrected chi connectivity index (χ4v) is 1.30. The second-order valence-corrected chi connectivity index (χ2v) is 2.94. The molecule has 0 radical (unpaired) electrons. The van der Waals surface area contributed by atoms with Gasteiger partial charge in [0.2, 0.25) is 5.91 Å². The van der Waals surface area contributed by atoms with Gasteiger partial charge in [0.05, 0.1) is 6.54 Å². The summed E-state index contributed by atoms with van der Waals surface area (Å²) in [6.07, 6.45) is -0.745. The second-order valence-electron chi connectivity index (χ2n) is 2.94. The molecule has 3 amide bonds. The van der Waals surface area contributed by atoms with Crippen molar-refractivity contribution in [1.82, 2.24) is 4.90 Å². The Labute approximate surface area is 72.7 Å². The van der Waals surface area contributed by atoms with Crippen LogP contribution in [0.5, 0.6) is 0 Å². The van der Waals surface area contributed by atoms with Crippen LogP contribution in [0.25, 0.3) is 0 Å². The molecule has 1 fully saturated rings. The van der Waals surface area contributed by atoms with Gasteiger partial charge in [0.25, 0.3) is 5.92 Å². The van der Waals surface area contributed by atoms with Gasteiger partial charge in [-0.3, -0.25) is 4.79 Å². The fourth-order valence-electron chi connectivity index (χ4n) is 1.30. The first kappa shape index (κ1) is 9.69. The average Bonchev–Trinajstić information content (AvgIpc) is 2.26. The van der Waals surface area contributed by atoms with E-state index in [0.717, 1.165) is 0 Å². The number of primary amides is 2. The third kappa shape index (κ3) is 1.85. The van der Waals surface area contributed by atoms with Crippen molar-refractivity contribution >= 4 is 11.9 Å². The van der Waals surface area contributed by atoms with Gasteiger partial charge in [0.1, 0.15) is 6.04 Å². The standard InChI is InChI=1S/C6H9F2N3O2/c7-6(8)1-3(4(9)12)11(2-6)5(10)13/h3H,1-2H2,(H2,9,12)(H2,10,13). The van der Waals surface area contributed by atoms with Crippen molar-refractivity contribution in [3.05, 3.63) is 0 Å². The lowest BCUT2D eigenvalue weighted by Gasteiger charge is -2.18. The molecular weight excluding hydrogens is 184 g/mol. The zero-order chi connectivity index (χ0) is 10.2. The molecule has 0 saturated carbocycles. The van der Waals surface area contributed by atoms with Crippen molar-refractivity contribution in [2.45, 2.75) is 18.4 Å². The summed E-state index contributed by atoms with van der Waals surface area (Å²) >= 11 is 0. The number of hydrogen-bond acceptors (Lipinski definition) is 2. The van der Waals surface area contributed by atoms with Crippen molar-refractivity contribution in [3.63, 3.8) is 0 Å². The highest BCUT2D eigenvalue weighted by Crippen LogP contribution is 2.31. The monoisotopic (exact) mass is 193 g/mol. The zero-order valence-electron chi connectivity index (χ0n) is 6.67. The maximum absolute atomic E-state index is 12.7. The SMILES string of the molecule is NC(=O)C1CC(F)(F)CN1C(N)=O. The summed E-state index contributed by atoms with van der Waals surface area (Å²) in [7, 11) is 0. The summed E-state index contributed by atoms with van der Waals surface area (Å²) in [6.45, 7) is -0.837. The van der Waals surface area contributed by atoms with E-state index < -0.39 is 36.9 Å². The van der Waals surface area contributed by atoms with E-state index in [1.165, 1.54) is 0 Å². The van der Waals surface area contributed by atoms with Gasteiger partial charge in [-0.15, -0.1) is 0 Å². The third-order valence-electron chi connectivity index (χ3n) is 1.88. The van der Waals surface area contributed by atoms with E-state index in [9.17, 15) is 18.4 Å². The first-order valence-electron chi connectivity index (χ1n) is 3.57. The lowest BCUT2D eigenvalue weighted by atomic mass is 10.2. The van der Waals surface area contributed by atoms with Crippen LogP contribution in [0.4, 0.5) is 13.6 Å². The first-order chi connectivity index (χ1) is 5.83. The van der Waals surface area contributed by atoms with Crippen LogP contribution in [0.2, 0.25) is 0 Å². The molecule has 5 nitrogen and oxygen atoms in total. The summed E-state index contributed by atoms with van der Waals surface area (Å²) in [6, 6.07) is -2.34. The molecule has 0 aliphatic carbocycles. The van der Waals surface area contributed by atoms with Crippen LogP contribution in [-0.2, 0) is 4.79 Å². The molecule has 4 N–H and O–H groups in total. The van der Waals surface area contributed by atoms with E-state index >= 15 is 0 Å². The molecule has 0 spiro atoms. The van der Waals surface area contributed by atoms with Gasteiger partial charge in [0.15, 0.2) is 0 Å². The van der Waals surface area contributed by atoms with Crippen molar-refractivity contribution in [3.8, 4) is 0 Å². The highest BCUT2D eigenvalue weighted by Gasteiger charge is 2.48. The quantitative estimate of drug-likeness (QED) is 0.574. The number of likely N-dealkylation sites (tertiary alicyclic amines) is 1. The van der Waals surface area contributed by atoms with Gasteiger partial charge in [-0.2, -0.15) is 0 Å². The molecule has 74 valence electrons. The van der Waals surface area contributed by atoms with E-state index in [0.29, 0.717) is 4.90 Å². The van der Waals surface area contributed by atoms with Crippen LogP contribution in [0.1, 0.15) is 6.42 Å². The molecule has 0 bridgehead atoms. The van der Waals surface area contributed by atoms with Crippen LogP contribution in [0, 0.1) is 0 Å². The summed E-state index contributed by atoms with van der Waals surface area (Å²) in [5.74, 6) is -4.04. The van der Waals surface area contributed by atoms with Gasteiger partial charge in [-0.25, -0.2) is 13.6 Å². The van der Waals surface area contributed by atoms with Crippen LogP contribution >= 0.6 is 0 Å². The maximum atomic E-state index is 12.7. The van der Waals surface area contributed by atoms with E-state index in [4.69, 9.17) is 11.5 Å². The van der Waals surface area contributed by atoms with Crippen LogP contribution < -0.4 is 11.5 Å². The van der Waals surface area contributed by atoms with Crippen molar-refractivity contribution in [2.75, 3.05) is 6.54 Å². The molecular formula is C6H9F2N3O2. The third-order valence-corrected chi connectivity index (χ3v) is 1.88. The largest absolute Gasteiger partial charge is 0.368 e. The summed E-state index contributed by atoms with van der Waals surface area (Å²) in [5, 5.41) is 0. The number of carbonyl (C=O) groups is 2. The van der Waals surface area contributed by atoms with Gasteiger partial charge in [-0.05, 0) is 0 Å². The lowest BCUT2D eigenvalue weighted by molar-refractivity contribution is -0.121. The Morgan fingerprint density at radius 2 is 1.92 bits per heavy atom. The summed E-state index contributed by atoms with van der Waals surface area (Å²) in [5.41, 5.74) is 9.62. The molecule has 1 saturated heterocycles. The van der Waals surface area contributed by atoms with Crippen LogP contribution in [-0.4, -0.2) is 35.3 Å². The number of halogens is 2. The minimum absolute atomic E-state index is 0.586. The predicted octanol–water partition coefficient (Wildman–Crippen LogP) is -0.740. The van der Waals surface area contributed by atoms with E-state index in [1.54, 1.807) is 0 Å². The Hall–Kier alpha value is -1.40. The minimum atomic E-state index is -3.07. The number of carbonyl (C=O) groups excluding carboxylic acids is 2. The molecule has 1 rings (SSSR count). The van der Waals surface area contributed by atoms with Gasteiger partial charge in [0, 0.05) is 6.42 Å².